The number of unbranched alkanes of at least 4 members (excludes halogenated alkanes) is 1. The van der Waals surface area contributed by atoms with Crippen molar-refractivity contribution in [2.75, 3.05) is 0 Å². The monoisotopic (exact) mass is 334 g/mol. The molecule has 0 spiro atoms. The lowest BCUT2D eigenvalue weighted by atomic mass is 9.86. The molecule has 2 aromatic heterocycles. The Kier molecular flexibility index (Phi) is 4.76. The van der Waals surface area contributed by atoms with Gasteiger partial charge in [-0.1, -0.05) is 58.4 Å². The van der Waals surface area contributed by atoms with E-state index in [9.17, 15) is 4.79 Å². The highest BCUT2D eigenvalue weighted by atomic mass is 16.1. The van der Waals surface area contributed by atoms with Crippen molar-refractivity contribution in [3.05, 3.63) is 64.8 Å². The summed E-state index contributed by atoms with van der Waals surface area (Å²) in [5.74, 6) is 0. The summed E-state index contributed by atoms with van der Waals surface area (Å²) in [5, 5.41) is 1.66. The fraction of sp³-hybridized carbons (Fsp3) is 0.364. The summed E-state index contributed by atoms with van der Waals surface area (Å²) in [6, 6.07) is 10.6. The fourth-order valence-corrected chi connectivity index (χ4v) is 3.11. The molecule has 3 aromatic rings. The molecule has 2 heterocycles. The highest BCUT2D eigenvalue weighted by molar-refractivity contribution is 5.95. The van der Waals surface area contributed by atoms with Crippen molar-refractivity contribution in [3.63, 3.8) is 0 Å². The third-order valence-electron chi connectivity index (χ3n) is 4.70. The van der Waals surface area contributed by atoms with Gasteiger partial charge in [0.1, 0.15) is 0 Å². The molecule has 0 bridgehead atoms. The standard InChI is InChI=1S/C22H26N2O/c1-5-6-13-24-15-20(18-11-12-23-14-19(18)21(24)25)16-7-9-17(10-8-16)22(2,3)4/h7-12,14-15H,5-6,13H2,1-4H3. The van der Waals surface area contributed by atoms with Gasteiger partial charge in [0.25, 0.3) is 5.56 Å². The topological polar surface area (TPSA) is 34.9 Å². The average molecular weight is 334 g/mol. The first kappa shape index (κ1) is 17.4. The number of benzene rings is 1. The summed E-state index contributed by atoms with van der Waals surface area (Å²) in [6.45, 7) is 9.53. The molecule has 0 aliphatic heterocycles. The number of rotatable bonds is 4. The SMILES string of the molecule is CCCCn1cc(-c2ccc(C(C)(C)C)cc2)c2ccncc2c1=O. The van der Waals surface area contributed by atoms with Gasteiger partial charge in [-0.25, -0.2) is 0 Å². The van der Waals surface area contributed by atoms with Crippen molar-refractivity contribution in [1.29, 1.82) is 0 Å². The van der Waals surface area contributed by atoms with E-state index < -0.39 is 0 Å². The number of hydrogen-bond donors (Lipinski definition) is 0. The van der Waals surface area contributed by atoms with Crippen LogP contribution in [0.25, 0.3) is 21.9 Å². The van der Waals surface area contributed by atoms with Gasteiger partial charge >= 0.3 is 0 Å². The van der Waals surface area contributed by atoms with Crippen molar-refractivity contribution in [2.45, 2.75) is 52.5 Å². The molecule has 1 aromatic carbocycles. The van der Waals surface area contributed by atoms with Gasteiger partial charge in [0.2, 0.25) is 0 Å². The largest absolute Gasteiger partial charge is 0.314 e. The van der Waals surface area contributed by atoms with E-state index in [2.05, 4.69) is 56.9 Å². The minimum absolute atomic E-state index is 0.0478. The van der Waals surface area contributed by atoms with Crippen molar-refractivity contribution < 1.29 is 0 Å². The van der Waals surface area contributed by atoms with Crippen LogP contribution in [-0.2, 0) is 12.0 Å². The van der Waals surface area contributed by atoms with Crippen LogP contribution in [0.3, 0.4) is 0 Å². The predicted octanol–water partition coefficient (Wildman–Crippen LogP) is 5.16. The molecule has 0 saturated carbocycles. The first-order chi connectivity index (χ1) is 11.9. The number of aryl methyl sites for hydroxylation is 1. The molecule has 3 rings (SSSR count). The van der Waals surface area contributed by atoms with Crippen molar-refractivity contribution in [3.8, 4) is 11.1 Å². The highest BCUT2D eigenvalue weighted by Crippen LogP contribution is 2.29. The molecule has 0 atom stereocenters. The second-order valence-corrected chi connectivity index (χ2v) is 7.64. The number of hydrogen-bond acceptors (Lipinski definition) is 2. The van der Waals surface area contributed by atoms with E-state index in [4.69, 9.17) is 0 Å². The van der Waals surface area contributed by atoms with E-state index in [0.717, 1.165) is 35.9 Å². The normalized spacial score (nSPS) is 11.8. The second kappa shape index (κ2) is 6.83. The summed E-state index contributed by atoms with van der Waals surface area (Å²) in [4.78, 5) is 16.9. The number of fused-ring (bicyclic) bond motifs is 1. The minimum Gasteiger partial charge on any atom is -0.314 e. The third-order valence-corrected chi connectivity index (χ3v) is 4.70. The van der Waals surface area contributed by atoms with Crippen LogP contribution < -0.4 is 5.56 Å². The van der Waals surface area contributed by atoms with Crippen molar-refractivity contribution in [2.24, 2.45) is 0 Å². The van der Waals surface area contributed by atoms with E-state index in [1.54, 1.807) is 12.4 Å². The molecule has 3 nitrogen and oxygen atoms in total. The van der Waals surface area contributed by atoms with Crippen LogP contribution in [-0.4, -0.2) is 9.55 Å². The molecule has 0 unspecified atom stereocenters. The summed E-state index contributed by atoms with van der Waals surface area (Å²) >= 11 is 0. The van der Waals surface area contributed by atoms with Crippen LogP contribution in [0.4, 0.5) is 0 Å². The van der Waals surface area contributed by atoms with Crippen molar-refractivity contribution in [1.82, 2.24) is 9.55 Å². The van der Waals surface area contributed by atoms with Crippen LogP contribution >= 0.6 is 0 Å². The third kappa shape index (κ3) is 3.51. The Bertz CT molecular complexity index is 931. The Labute approximate surface area is 149 Å². The molecule has 25 heavy (non-hydrogen) atoms. The smallest absolute Gasteiger partial charge is 0.260 e. The lowest BCUT2D eigenvalue weighted by molar-refractivity contribution is 0.590. The molecule has 0 N–H and O–H groups in total. The first-order valence-electron chi connectivity index (χ1n) is 9.00. The minimum atomic E-state index is 0.0478. The van der Waals surface area contributed by atoms with Crippen LogP contribution in [0.15, 0.2) is 53.7 Å². The molecule has 3 heteroatoms. The Morgan fingerprint density at radius 1 is 1.04 bits per heavy atom. The number of nitrogens with zero attached hydrogens (tertiary/aromatic N) is 2. The van der Waals surface area contributed by atoms with Crippen LogP contribution in [0, 0.1) is 0 Å². The van der Waals surface area contributed by atoms with Crippen LogP contribution in [0.1, 0.15) is 46.1 Å². The number of pyridine rings is 2. The molecule has 0 fully saturated rings. The van der Waals surface area contributed by atoms with Gasteiger partial charge in [-0.3, -0.25) is 9.78 Å². The van der Waals surface area contributed by atoms with Gasteiger partial charge in [0.05, 0.1) is 5.39 Å². The summed E-state index contributed by atoms with van der Waals surface area (Å²) in [6.07, 6.45) is 7.51. The molecule has 0 aliphatic rings. The van der Waals surface area contributed by atoms with Gasteiger partial charge in [0.15, 0.2) is 0 Å². The zero-order valence-electron chi connectivity index (χ0n) is 15.5. The average Bonchev–Trinajstić information content (AvgIpc) is 2.61. The zero-order chi connectivity index (χ0) is 18.0. The van der Waals surface area contributed by atoms with E-state index in [1.165, 1.54) is 5.56 Å². The molecular formula is C22H26N2O. The Morgan fingerprint density at radius 3 is 2.40 bits per heavy atom. The quantitative estimate of drug-likeness (QED) is 0.660. The highest BCUT2D eigenvalue weighted by Gasteiger charge is 2.15. The summed E-state index contributed by atoms with van der Waals surface area (Å²) < 4.78 is 1.83. The van der Waals surface area contributed by atoms with Gasteiger partial charge in [0, 0.05) is 30.7 Å². The Morgan fingerprint density at radius 2 is 1.76 bits per heavy atom. The Hall–Kier alpha value is -2.42. The van der Waals surface area contributed by atoms with E-state index >= 15 is 0 Å². The van der Waals surface area contributed by atoms with Gasteiger partial charge in [-0.15, -0.1) is 0 Å². The molecule has 0 aliphatic carbocycles. The van der Waals surface area contributed by atoms with Crippen LogP contribution in [0.2, 0.25) is 0 Å². The zero-order valence-corrected chi connectivity index (χ0v) is 15.5. The molecule has 0 saturated heterocycles. The van der Waals surface area contributed by atoms with Gasteiger partial charge in [-0.2, -0.15) is 0 Å². The second-order valence-electron chi connectivity index (χ2n) is 7.64. The van der Waals surface area contributed by atoms with E-state index in [-0.39, 0.29) is 11.0 Å². The van der Waals surface area contributed by atoms with Crippen molar-refractivity contribution >= 4 is 10.8 Å². The lowest BCUT2D eigenvalue weighted by Crippen LogP contribution is -2.20. The van der Waals surface area contributed by atoms with Crippen LogP contribution in [0.5, 0.6) is 0 Å². The molecule has 0 amide bonds. The molecule has 130 valence electrons. The molecular weight excluding hydrogens is 308 g/mol. The van der Waals surface area contributed by atoms with E-state index in [0.29, 0.717) is 5.39 Å². The summed E-state index contributed by atoms with van der Waals surface area (Å²) in [5.41, 5.74) is 3.71. The first-order valence-corrected chi connectivity index (χ1v) is 9.00. The number of aromatic nitrogens is 2. The fourth-order valence-electron chi connectivity index (χ4n) is 3.11. The maximum Gasteiger partial charge on any atom is 0.260 e. The van der Waals surface area contributed by atoms with Gasteiger partial charge in [-0.05, 0) is 34.4 Å². The summed E-state index contributed by atoms with van der Waals surface area (Å²) in [7, 11) is 0. The maximum absolute atomic E-state index is 12.7. The predicted molar refractivity (Wildman–Crippen MR) is 105 cm³/mol. The lowest BCUT2D eigenvalue weighted by Gasteiger charge is -2.19. The van der Waals surface area contributed by atoms with E-state index in [1.807, 2.05) is 16.8 Å². The Balaban J connectivity index is 2.17. The van der Waals surface area contributed by atoms with Gasteiger partial charge < -0.3 is 4.57 Å². The molecule has 0 radical (unpaired) electrons. The maximum atomic E-state index is 12.7.